The van der Waals surface area contributed by atoms with Crippen molar-refractivity contribution in [3.63, 3.8) is 0 Å². The third-order valence-corrected chi connectivity index (χ3v) is 7.21. The Kier molecular flexibility index (Phi) is 7.99. The van der Waals surface area contributed by atoms with E-state index in [4.69, 9.17) is 4.74 Å². The maximum Gasteiger partial charge on any atom is 0.251 e. The molecule has 0 saturated heterocycles. The predicted octanol–water partition coefficient (Wildman–Crippen LogP) is 6.93. The summed E-state index contributed by atoms with van der Waals surface area (Å²) in [6.07, 6.45) is 9.68. The lowest BCUT2D eigenvalue weighted by atomic mass is 9.90. The first kappa shape index (κ1) is 24.8. The van der Waals surface area contributed by atoms with E-state index >= 15 is 0 Å². The number of benzene rings is 3. The van der Waals surface area contributed by atoms with E-state index in [0.29, 0.717) is 30.1 Å². The highest BCUT2D eigenvalue weighted by Gasteiger charge is 2.18. The van der Waals surface area contributed by atoms with Crippen LogP contribution in [0.5, 0.6) is 11.5 Å². The SMILES string of the molecule is O=C(NCCCc1ccccc1)c1ccc(OCC2CCCCC2)c(-c2cc(O)c3ncccc3c2)c1. The molecule has 0 unspecified atom stereocenters. The van der Waals surface area contributed by atoms with Crippen LogP contribution in [-0.2, 0) is 6.42 Å². The summed E-state index contributed by atoms with van der Waals surface area (Å²) in [5.74, 6) is 1.29. The first-order chi connectivity index (χ1) is 18.2. The molecule has 1 saturated carbocycles. The first-order valence-electron chi connectivity index (χ1n) is 13.3. The third-order valence-electron chi connectivity index (χ3n) is 7.21. The molecule has 3 aromatic carbocycles. The number of aromatic nitrogens is 1. The van der Waals surface area contributed by atoms with Crippen molar-refractivity contribution in [2.24, 2.45) is 5.92 Å². The van der Waals surface area contributed by atoms with Crippen molar-refractivity contribution < 1.29 is 14.6 Å². The molecule has 5 nitrogen and oxygen atoms in total. The second kappa shape index (κ2) is 11.9. The van der Waals surface area contributed by atoms with Crippen molar-refractivity contribution >= 4 is 16.8 Å². The minimum absolute atomic E-state index is 0.111. The van der Waals surface area contributed by atoms with Crippen molar-refractivity contribution in [2.75, 3.05) is 13.2 Å². The van der Waals surface area contributed by atoms with Crippen LogP contribution in [0.15, 0.2) is 79.0 Å². The van der Waals surface area contributed by atoms with Gasteiger partial charge in [-0.1, -0.05) is 55.7 Å². The number of nitrogens with one attached hydrogen (secondary N) is 1. The van der Waals surface area contributed by atoms with E-state index in [0.717, 1.165) is 35.1 Å². The minimum atomic E-state index is -0.111. The molecule has 0 atom stereocenters. The number of ether oxygens (including phenoxy) is 1. The number of carbonyl (C=O) groups excluding carboxylic acids is 1. The summed E-state index contributed by atoms with van der Waals surface area (Å²) < 4.78 is 6.34. The molecule has 4 aromatic rings. The van der Waals surface area contributed by atoms with E-state index in [9.17, 15) is 9.90 Å². The fourth-order valence-electron chi connectivity index (χ4n) is 5.15. The summed E-state index contributed by atoms with van der Waals surface area (Å²) in [7, 11) is 0. The van der Waals surface area contributed by atoms with Gasteiger partial charge in [0.1, 0.15) is 17.0 Å². The van der Waals surface area contributed by atoms with E-state index in [1.807, 2.05) is 54.6 Å². The molecule has 0 spiro atoms. The molecule has 0 bridgehead atoms. The van der Waals surface area contributed by atoms with Gasteiger partial charge in [0.05, 0.1) is 6.61 Å². The Morgan fingerprint density at radius 2 is 1.81 bits per heavy atom. The van der Waals surface area contributed by atoms with Crippen LogP contribution in [0.3, 0.4) is 0 Å². The van der Waals surface area contributed by atoms with Crippen LogP contribution in [0.25, 0.3) is 22.0 Å². The number of phenolic OH excluding ortho intramolecular Hbond substituents is 1. The van der Waals surface area contributed by atoms with Gasteiger partial charge < -0.3 is 15.2 Å². The Hall–Kier alpha value is -3.86. The average molecular weight is 495 g/mol. The van der Waals surface area contributed by atoms with Gasteiger partial charge >= 0.3 is 0 Å². The lowest BCUT2D eigenvalue weighted by molar-refractivity contribution is 0.0953. The molecule has 1 aliphatic carbocycles. The molecule has 0 aliphatic heterocycles. The van der Waals surface area contributed by atoms with Crippen molar-refractivity contribution in [1.82, 2.24) is 10.3 Å². The number of pyridine rings is 1. The average Bonchev–Trinajstić information content (AvgIpc) is 2.95. The summed E-state index contributed by atoms with van der Waals surface area (Å²) in [4.78, 5) is 17.3. The fraction of sp³-hybridized carbons (Fsp3) is 0.312. The number of hydrogen-bond donors (Lipinski definition) is 2. The third kappa shape index (κ3) is 6.29. The highest BCUT2D eigenvalue weighted by atomic mass is 16.5. The lowest BCUT2D eigenvalue weighted by Crippen LogP contribution is -2.24. The van der Waals surface area contributed by atoms with Gasteiger partial charge in [0.15, 0.2) is 0 Å². The molecule has 5 rings (SSSR count). The second-order valence-corrected chi connectivity index (χ2v) is 9.94. The smallest absolute Gasteiger partial charge is 0.251 e. The van der Waals surface area contributed by atoms with Crippen molar-refractivity contribution in [1.29, 1.82) is 0 Å². The van der Waals surface area contributed by atoms with Crippen molar-refractivity contribution in [3.05, 3.63) is 90.1 Å². The molecule has 2 N–H and O–H groups in total. The van der Waals surface area contributed by atoms with E-state index in [1.54, 1.807) is 12.3 Å². The zero-order valence-corrected chi connectivity index (χ0v) is 21.2. The summed E-state index contributed by atoms with van der Waals surface area (Å²) in [5.41, 5.74) is 4.00. The van der Waals surface area contributed by atoms with Gasteiger partial charge in [-0.05, 0) is 79.1 Å². The Balaban J connectivity index is 1.36. The molecule has 190 valence electrons. The Bertz CT molecular complexity index is 1350. The van der Waals surface area contributed by atoms with Gasteiger partial charge in [-0.2, -0.15) is 0 Å². The Morgan fingerprint density at radius 3 is 2.65 bits per heavy atom. The second-order valence-electron chi connectivity index (χ2n) is 9.94. The lowest BCUT2D eigenvalue weighted by Gasteiger charge is -2.23. The van der Waals surface area contributed by atoms with Crippen molar-refractivity contribution in [2.45, 2.75) is 44.9 Å². The zero-order valence-electron chi connectivity index (χ0n) is 21.2. The monoisotopic (exact) mass is 494 g/mol. The van der Waals surface area contributed by atoms with E-state index in [2.05, 4.69) is 22.4 Å². The first-order valence-corrected chi connectivity index (χ1v) is 13.3. The number of phenols is 1. The van der Waals surface area contributed by atoms with Gasteiger partial charge in [0.25, 0.3) is 5.91 Å². The van der Waals surface area contributed by atoms with Gasteiger partial charge in [0, 0.05) is 29.3 Å². The van der Waals surface area contributed by atoms with Gasteiger partial charge in [-0.25, -0.2) is 0 Å². The number of fused-ring (bicyclic) bond motifs is 1. The largest absolute Gasteiger partial charge is 0.506 e. The van der Waals surface area contributed by atoms with Crippen LogP contribution in [-0.4, -0.2) is 29.1 Å². The van der Waals surface area contributed by atoms with Crippen molar-refractivity contribution in [3.8, 4) is 22.6 Å². The van der Waals surface area contributed by atoms with Crippen LogP contribution in [0, 0.1) is 5.92 Å². The van der Waals surface area contributed by atoms with E-state index < -0.39 is 0 Å². The van der Waals surface area contributed by atoms with Crippen LogP contribution in [0.4, 0.5) is 0 Å². The molecular formula is C32H34N2O3. The summed E-state index contributed by atoms with van der Waals surface area (Å²) >= 11 is 0. The maximum absolute atomic E-state index is 13.0. The molecular weight excluding hydrogens is 460 g/mol. The summed E-state index contributed by atoms with van der Waals surface area (Å²) in [6, 6.07) is 23.4. The molecule has 1 aromatic heterocycles. The van der Waals surface area contributed by atoms with Crippen LogP contribution in [0.2, 0.25) is 0 Å². The fourth-order valence-corrected chi connectivity index (χ4v) is 5.15. The molecule has 0 radical (unpaired) electrons. The van der Waals surface area contributed by atoms with Crippen LogP contribution in [0.1, 0.15) is 54.4 Å². The van der Waals surface area contributed by atoms with E-state index in [-0.39, 0.29) is 11.7 Å². The normalized spacial score (nSPS) is 13.9. The molecule has 1 heterocycles. The summed E-state index contributed by atoms with van der Waals surface area (Å²) in [6.45, 7) is 1.27. The number of aryl methyl sites for hydroxylation is 1. The van der Waals surface area contributed by atoms with Crippen LogP contribution >= 0.6 is 0 Å². The van der Waals surface area contributed by atoms with Gasteiger partial charge in [-0.15, -0.1) is 0 Å². The molecule has 5 heteroatoms. The number of carbonyl (C=O) groups is 1. The minimum Gasteiger partial charge on any atom is -0.506 e. The Morgan fingerprint density at radius 1 is 0.973 bits per heavy atom. The topological polar surface area (TPSA) is 71.5 Å². The number of hydrogen-bond acceptors (Lipinski definition) is 4. The molecule has 1 aliphatic rings. The number of amides is 1. The quantitative estimate of drug-likeness (QED) is 0.248. The maximum atomic E-state index is 13.0. The van der Waals surface area contributed by atoms with Gasteiger partial charge in [0.2, 0.25) is 0 Å². The number of rotatable bonds is 9. The Labute approximate surface area is 218 Å². The van der Waals surface area contributed by atoms with E-state index in [1.165, 1.54) is 37.7 Å². The highest BCUT2D eigenvalue weighted by Crippen LogP contribution is 2.37. The number of nitrogens with zero attached hydrogens (tertiary/aromatic N) is 1. The molecule has 1 fully saturated rings. The standard InChI is InChI=1S/C32H34N2O3/c35-29-21-27(19-25-14-8-17-33-31(25)29)28-20-26(15-16-30(28)37-22-24-11-5-2-6-12-24)32(36)34-18-7-13-23-9-3-1-4-10-23/h1,3-4,8-10,14-17,19-21,24,35H,2,5-7,11-13,18,22H2,(H,34,36). The molecule has 1 amide bonds. The summed E-state index contributed by atoms with van der Waals surface area (Å²) in [5, 5.41) is 14.6. The predicted molar refractivity (Wildman–Crippen MR) is 148 cm³/mol. The van der Waals surface area contributed by atoms with Gasteiger partial charge in [-0.3, -0.25) is 9.78 Å². The van der Waals surface area contributed by atoms with Crippen LogP contribution < -0.4 is 10.1 Å². The number of aromatic hydroxyl groups is 1. The zero-order chi connectivity index (χ0) is 25.5. The highest BCUT2D eigenvalue weighted by molar-refractivity contribution is 5.97. The molecule has 37 heavy (non-hydrogen) atoms.